The van der Waals surface area contributed by atoms with E-state index in [1.807, 2.05) is 12.1 Å². The molecule has 3 heterocycles. The smallest absolute Gasteiger partial charge is 0.137 e. The van der Waals surface area contributed by atoms with E-state index in [0.717, 1.165) is 55.2 Å². The van der Waals surface area contributed by atoms with Crippen molar-refractivity contribution in [3.8, 4) is 11.1 Å². The number of halogens is 2. The van der Waals surface area contributed by atoms with Gasteiger partial charge in [0.1, 0.15) is 11.0 Å². The molecule has 2 aliphatic rings. The third kappa shape index (κ3) is 8.54. The van der Waals surface area contributed by atoms with Crippen LogP contribution in [0, 0.1) is 5.92 Å². The first-order valence-electron chi connectivity index (χ1n) is 12.2. The highest BCUT2D eigenvalue weighted by Crippen LogP contribution is 2.35. The molecule has 0 aromatic carbocycles. The fraction of sp³-hybridized carbons (Fsp3) is 0.600. The zero-order valence-corrected chi connectivity index (χ0v) is 21.5. The van der Waals surface area contributed by atoms with E-state index < -0.39 is 0 Å². The third-order valence-corrected chi connectivity index (χ3v) is 6.80. The molecule has 1 saturated heterocycles. The van der Waals surface area contributed by atoms with Gasteiger partial charge < -0.3 is 25.8 Å². The summed E-state index contributed by atoms with van der Waals surface area (Å²) >= 11 is 12.9. The van der Waals surface area contributed by atoms with E-state index in [1.54, 1.807) is 19.5 Å². The molecule has 7 nitrogen and oxygen atoms in total. The van der Waals surface area contributed by atoms with Gasteiger partial charge in [-0.1, -0.05) is 42.5 Å². The molecule has 1 aliphatic heterocycles. The molecule has 2 fully saturated rings. The first-order valence-corrected chi connectivity index (χ1v) is 12.9. The number of pyridine rings is 2. The van der Waals surface area contributed by atoms with Crippen molar-refractivity contribution in [2.24, 2.45) is 11.7 Å². The van der Waals surface area contributed by atoms with Crippen LogP contribution < -0.4 is 16.4 Å². The second kappa shape index (κ2) is 14.7. The fourth-order valence-electron chi connectivity index (χ4n) is 4.24. The van der Waals surface area contributed by atoms with Gasteiger partial charge in [0.2, 0.25) is 0 Å². The maximum atomic E-state index is 6.49. The normalized spacial score (nSPS) is 17.1. The number of hydrogen-bond donors (Lipinski definition) is 3. The molecule has 2 aromatic rings. The monoisotopic (exact) mass is 509 g/mol. The Balaban J connectivity index is 0.000000588. The highest BCUT2D eigenvalue weighted by molar-refractivity contribution is 6.36. The molecule has 0 spiro atoms. The van der Waals surface area contributed by atoms with Crippen LogP contribution in [0.15, 0.2) is 24.5 Å². The van der Waals surface area contributed by atoms with E-state index in [1.165, 1.54) is 32.1 Å². The molecule has 0 bridgehead atoms. The summed E-state index contributed by atoms with van der Waals surface area (Å²) in [7, 11) is 1.63. The Labute approximate surface area is 213 Å². The predicted molar refractivity (Wildman–Crippen MR) is 141 cm³/mol. The minimum Gasteiger partial charge on any atom is -0.384 e. The molecule has 9 heteroatoms. The lowest BCUT2D eigenvalue weighted by molar-refractivity contribution is 0.0699. The summed E-state index contributed by atoms with van der Waals surface area (Å²) in [5, 5.41) is 8.08. The Morgan fingerprint density at radius 3 is 2.47 bits per heavy atom. The highest BCUT2D eigenvalue weighted by atomic mass is 35.5. The van der Waals surface area contributed by atoms with Crippen LogP contribution in [0.4, 0.5) is 11.5 Å². The number of anilines is 2. The van der Waals surface area contributed by atoms with E-state index in [4.69, 9.17) is 33.7 Å². The van der Waals surface area contributed by atoms with Gasteiger partial charge in [0, 0.05) is 56.8 Å². The van der Waals surface area contributed by atoms with Gasteiger partial charge in [0.15, 0.2) is 0 Å². The summed E-state index contributed by atoms with van der Waals surface area (Å²) < 4.78 is 10.0. The highest BCUT2D eigenvalue weighted by Gasteiger charge is 2.17. The Morgan fingerprint density at radius 1 is 1.03 bits per heavy atom. The number of methoxy groups -OCH3 is 1. The average molecular weight is 511 g/mol. The number of nitrogens with one attached hydrogen (secondary N) is 2. The van der Waals surface area contributed by atoms with Crippen molar-refractivity contribution >= 4 is 34.7 Å². The quantitative estimate of drug-likeness (QED) is 0.397. The molecular weight excluding hydrogens is 473 g/mol. The average Bonchev–Trinajstić information content (AvgIpc) is 2.87. The molecular formula is C25H37Cl2N5O2. The number of ether oxygens (including phenoxy) is 2. The van der Waals surface area contributed by atoms with Crippen LogP contribution in [0.25, 0.3) is 11.1 Å². The maximum Gasteiger partial charge on any atom is 0.137 e. The van der Waals surface area contributed by atoms with E-state index in [9.17, 15) is 0 Å². The van der Waals surface area contributed by atoms with Gasteiger partial charge in [-0.15, -0.1) is 0 Å². The summed E-state index contributed by atoms with van der Waals surface area (Å²) in [6.07, 6.45) is 11.9. The standard InChI is InChI=1S/C22H28Cl2N4O.C3H9NO/c23-20-14-26-21(28-16-4-2-1-3-5-16)11-18(20)19-10-17(13-27-22(19)24)25-12-15-6-8-29-9-7-15;1-5-3-2-4/h10-11,13-16,25H,1-9,12H2,(H,26,28);2-4H2,1H3. The minimum atomic E-state index is 0.443. The van der Waals surface area contributed by atoms with Crippen LogP contribution >= 0.6 is 23.2 Å². The lowest BCUT2D eigenvalue weighted by Gasteiger charge is -2.24. The zero-order valence-electron chi connectivity index (χ0n) is 20.0. The van der Waals surface area contributed by atoms with Gasteiger partial charge in [0.25, 0.3) is 0 Å². The molecule has 2 aromatic heterocycles. The molecule has 0 radical (unpaired) electrons. The summed E-state index contributed by atoms with van der Waals surface area (Å²) in [6.45, 7) is 3.89. The molecule has 1 saturated carbocycles. The summed E-state index contributed by atoms with van der Waals surface area (Å²) in [5.41, 5.74) is 7.64. The number of hydrogen-bond acceptors (Lipinski definition) is 7. The Morgan fingerprint density at radius 2 is 1.79 bits per heavy atom. The molecule has 4 rings (SSSR count). The Hall–Kier alpha value is -1.64. The second-order valence-corrected chi connectivity index (χ2v) is 9.57. The number of aromatic nitrogens is 2. The topological polar surface area (TPSA) is 94.3 Å². The maximum absolute atomic E-state index is 6.49. The van der Waals surface area contributed by atoms with Crippen molar-refractivity contribution in [3.05, 3.63) is 34.7 Å². The Kier molecular flexibility index (Phi) is 11.6. The van der Waals surface area contributed by atoms with Crippen molar-refractivity contribution in [1.29, 1.82) is 0 Å². The molecule has 0 atom stereocenters. The van der Waals surface area contributed by atoms with Crippen LogP contribution in [-0.4, -0.2) is 56.0 Å². The fourth-order valence-corrected chi connectivity index (χ4v) is 4.65. The van der Waals surface area contributed by atoms with Crippen LogP contribution in [0.1, 0.15) is 44.9 Å². The van der Waals surface area contributed by atoms with Crippen molar-refractivity contribution in [1.82, 2.24) is 9.97 Å². The molecule has 1 aliphatic carbocycles. The summed E-state index contributed by atoms with van der Waals surface area (Å²) in [4.78, 5) is 8.86. The van der Waals surface area contributed by atoms with Crippen LogP contribution in [0.3, 0.4) is 0 Å². The number of nitrogens with zero attached hydrogens (tertiary/aromatic N) is 2. The molecule has 34 heavy (non-hydrogen) atoms. The lowest BCUT2D eigenvalue weighted by atomic mass is 9.95. The Bertz CT molecular complexity index is 872. The molecule has 4 N–H and O–H groups in total. The third-order valence-electron chi connectivity index (χ3n) is 6.20. The second-order valence-electron chi connectivity index (χ2n) is 8.81. The van der Waals surface area contributed by atoms with E-state index in [0.29, 0.717) is 35.3 Å². The first kappa shape index (κ1) is 27.0. The van der Waals surface area contributed by atoms with Crippen LogP contribution in [0.5, 0.6) is 0 Å². The van der Waals surface area contributed by atoms with Crippen molar-refractivity contribution in [3.63, 3.8) is 0 Å². The van der Waals surface area contributed by atoms with Crippen LogP contribution in [0.2, 0.25) is 10.2 Å². The van der Waals surface area contributed by atoms with E-state index in [-0.39, 0.29) is 0 Å². The zero-order chi connectivity index (χ0) is 24.2. The number of rotatable bonds is 8. The predicted octanol–water partition coefficient (Wildman–Crippen LogP) is 5.63. The lowest BCUT2D eigenvalue weighted by Crippen LogP contribution is -2.22. The van der Waals surface area contributed by atoms with E-state index >= 15 is 0 Å². The summed E-state index contributed by atoms with van der Waals surface area (Å²) in [6, 6.07) is 4.49. The molecule has 0 amide bonds. The van der Waals surface area contributed by atoms with Crippen LogP contribution in [-0.2, 0) is 9.47 Å². The first-order chi connectivity index (χ1) is 16.6. The van der Waals surface area contributed by atoms with Crippen molar-refractivity contribution in [2.75, 3.05) is 50.7 Å². The summed E-state index contributed by atoms with van der Waals surface area (Å²) in [5.74, 6) is 1.46. The molecule has 188 valence electrons. The van der Waals surface area contributed by atoms with Gasteiger partial charge in [-0.3, -0.25) is 0 Å². The number of nitrogens with two attached hydrogens (primary N) is 1. The van der Waals surface area contributed by atoms with Crippen molar-refractivity contribution < 1.29 is 9.47 Å². The van der Waals surface area contributed by atoms with Gasteiger partial charge in [-0.2, -0.15) is 0 Å². The molecule has 0 unspecified atom stereocenters. The van der Waals surface area contributed by atoms with Crippen molar-refractivity contribution in [2.45, 2.75) is 51.0 Å². The largest absolute Gasteiger partial charge is 0.384 e. The van der Waals surface area contributed by atoms with Gasteiger partial charge in [-0.05, 0) is 43.7 Å². The van der Waals surface area contributed by atoms with Gasteiger partial charge in [-0.25, -0.2) is 9.97 Å². The van der Waals surface area contributed by atoms with E-state index in [2.05, 4.69) is 25.3 Å². The van der Waals surface area contributed by atoms with Gasteiger partial charge >= 0.3 is 0 Å². The van der Waals surface area contributed by atoms with Gasteiger partial charge in [0.05, 0.1) is 23.5 Å². The SMILES string of the molecule is COCCN.Clc1cnc(NC2CCCCC2)cc1-c1cc(NCC2CCOCC2)cnc1Cl. The minimum absolute atomic E-state index is 0.443.